The molecule has 162 valence electrons. The van der Waals surface area contributed by atoms with Gasteiger partial charge in [-0.1, -0.05) is 26.0 Å². The number of ether oxygens (including phenoxy) is 1. The summed E-state index contributed by atoms with van der Waals surface area (Å²) in [6.07, 6.45) is 1.13. The van der Waals surface area contributed by atoms with Crippen molar-refractivity contribution in [1.82, 2.24) is 4.31 Å². The van der Waals surface area contributed by atoms with Crippen molar-refractivity contribution >= 4 is 21.6 Å². The number of nitrogens with one attached hydrogen (secondary N) is 1. The van der Waals surface area contributed by atoms with E-state index in [0.29, 0.717) is 25.1 Å². The molecule has 3 rings (SSSR count). The van der Waals surface area contributed by atoms with Crippen molar-refractivity contribution in [2.24, 2.45) is 5.92 Å². The Kier molecular flexibility index (Phi) is 6.77. The number of nitrogens with zero attached hydrogens (tertiary/aromatic N) is 1. The fourth-order valence-corrected chi connectivity index (χ4v) is 5.29. The number of rotatable bonds is 6. The van der Waals surface area contributed by atoms with E-state index in [4.69, 9.17) is 4.74 Å². The molecule has 1 fully saturated rings. The third-order valence-corrected chi connectivity index (χ3v) is 7.21. The van der Waals surface area contributed by atoms with Gasteiger partial charge in [-0.05, 0) is 54.7 Å². The highest BCUT2D eigenvalue weighted by Crippen LogP contribution is 2.32. The summed E-state index contributed by atoms with van der Waals surface area (Å²) in [5, 5.41) is 2.69. The SMILES string of the molecule is COc1ccc(C(C)C)cc1S(=O)(=O)N1CCC[C@H](C(=O)Nc2cccc(F)c2)C1. The van der Waals surface area contributed by atoms with Gasteiger partial charge in [0.15, 0.2) is 0 Å². The summed E-state index contributed by atoms with van der Waals surface area (Å²) in [7, 11) is -2.40. The number of sulfonamides is 1. The monoisotopic (exact) mass is 434 g/mol. The first-order valence-corrected chi connectivity index (χ1v) is 11.4. The molecule has 1 saturated heterocycles. The molecule has 30 heavy (non-hydrogen) atoms. The second kappa shape index (κ2) is 9.14. The molecule has 0 radical (unpaired) electrons. The zero-order valence-electron chi connectivity index (χ0n) is 17.4. The van der Waals surface area contributed by atoms with Crippen LogP contribution in [0.25, 0.3) is 0 Å². The van der Waals surface area contributed by atoms with Gasteiger partial charge in [0.2, 0.25) is 15.9 Å². The Morgan fingerprint density at radius 2 is 2.00 bits per heavy atom. The molecule has 1 aliphatic rings. The molecule has 2 aromatic rings. The molecule has 0 unspecified atom stereocenters. The maximum absolute atomic E-state index is 13.4. The van der Waals surface area contributed by atoms with Crippen LogP contribution >= 0.6 is 0 Å². The van der Waals surface area contributed by atoms with Crippen LogP contribution in [0.2, 0.25) is 0 Å². The lowest BCUT2D eigenvalue weighted by Gasteiger charge is -2.31. The van der Waals surface area contributed by atoms with Crippen molar-refractivity contribution in [1.29, 1.82) is 0 Å². The van der Waals surface area contributed by atoms with Gasteiger partial charge in [-0.25, -0.2) is 12.8 Å². The lowest BCUT2D eigenvalue weighted by molar-refractivity contribution is -0.120. The van der Waals surface area contributed by atoms with Gasteiger partial charge in [-0.2, -0.15) is 4.31 Å². The first-order chi connectivity index (χ1) is 14.2. The number of hydrogen-bond acceptors (Lipinski definition) is 4. The highest BCUT2D eigenvalue weighted by Gasteiger charge is 2.35. The molecule has 8 heteroatoms. The molecule has 2 aromatic carbocycles. The summed E-state index contributed by atoms with van der Waals surface area (Å²) in [6, 6.07) is 10.8. The number of anilines is 1. The Hall–Kier alpha value is -2.45. The maximum atomic E-state index is 13.4. The van der Waals surface area contributed by atoms with Crippen LogP contribution in [-0.4, -0.2) is 38.8 Å². The predicted octanol–water partition coefficient (Wildman–Crippen LogP) is 4.00. The molecular weight excluding hydrogens is 407 g/mol. The first kappa shape index (κ1) is 22.2. The average Bonchev–Trinajstić information content (AvgIpc) is 2.73. The van der Waals surface area contributed by atoms with Crippen LogP contribution in [0, 0.1) is 11.7 Å². The molecule has 1 atom stereocenters. The number of piperidine rings is 1. The Morgan fingerprint density at radius 3 is 2.67 bits per heavy atom. The smallest absolute Gasteiger partial charge is 0.246 e. The van der Waals surface area contributed by atoms with E-state index in [1.165, 1.54) is 29.6 Å². The molecule has 1 N–H and O–H groups in total. The fourth-order valence-electron chi connectivity index (χ4n) is 3.58. The predicted molar refractivity (Wildman–Crippen MR) is 114 cm³/mol. The second-order valence-electron chi connectivity index (χ2n) is 7.77. The van der Waals surface area contributed by atoms with Crippen molar-refractivity contribution in [2.75, 3.05) is 25.5 Å². The standard InChI is InChI=1S/C22H27FN2O4S/c1-15(2)16-9-10-20(29-3)21(12-16)30(27,28)25-11-5-6-17(14-25)22(26)24-19-8-4-7-18(23)13-19/h4,7-10,12-13,15,17H,5-6,11,14H2,1-3H3,(H,24,26)/t17-/m0/s1. The molecule has 1 amide bonds. The molecule has 0 saturated carbocycles. The van der Waals surface area contributed by atoms with Crippen LogP contribution in [-0.2, 0) is 14.8 Å². The van der Waals surface area contributed by atoms with Gasteiger partial charge in [0.1, 0.15) is 16.5 Å². The van der Waals surface area contributed by atoms with Gasteiger partial charge in [0.05, 0.1) is 13.0 Å². The number of carbonyl (C=O) groups is 1. The molecule has 1 heterocycles. The van der Waals surface area contributed by atoms with Crippen LogP contribution in [0.5, 0.6) is 5.75 Å². The number of hydrogen-bond donors (Lipinski definition) is 1. The normalized spacial score (nSPS) is 17.7. The summed E-state index contributed by atoms with van der Waals surface area (Å²) in [5.74, 6) is -0.834. The van der Waals surface area contributed by atoms with E-state index < -0.39 is 21.8 Å². The van der Waals surface area contributed by atoms with Crippen molar-refractivity contribution in [3.63, 3.8) is 0 Å². The van der Waals surface area contributed by atoms with Crippen molar-refractivity contribution in [3.8, 4) is 5.75 Å². The molecule has 0 aromatic heterocycles. The zero-order chi connectivity index (χ0) is 21.9. The van der Waals surface area contributed by atoms with E-state index in [9.17, 15) is 17.6 Å². The third kappa shape index (κ3) is 4.82. The van der Waals surface area contributed by atoms with E-state index in [2.05, 4.69) is 5.32 Å². The van der Waals surface area contributed by atoms with Gasteiger partial charge >= 0.3 is 0 Å². The van der Waals surface area contributed by atoms with Crippen molar-refractivity contribution in [2.45, 2.75) is 37.5 Å². The number of benzene rings is 2. The van der Waals surface area contributed by atoms with Crippen molar-refractivity contribution < 1.29 is 22.3 Å². The minimum atomic E-state index is -3.84. The summed E-state index contributed by atoms with van der Waals surface area (Å²) in [4.78, 5) is 12.8. The van der Waals surface area contributed by atoms with Gasteiger partial charge in [0, 0.05) is 18.8 Å². The van der Waals surface area contributed by atoms with Crippen LogP contribution in [0.1, 0.15) is 38.2 Å². The largest absolute Gasteiger partial charge is 0.495 e. The second-order valence-corrected chi connectivity index (χ2v) is 9.67. The molecular formula is C22H27FN2O4S. The number of halogens is 1. The van der Waals surface area contributed by atoms with E-state index in [0.717, 1.165) is 5.56 Å². The Balaban J connectivity index is 1.82. The van der Waals surface area contributed by atoms with Crippen LogP contribution < -0.4 is 10.1 Å². The first-order valence-electron chi connectivity index (χ1n) is 9.97. The molecule has 0 spiro atoms. The van der Waals surface area contributed by atoms with E-state index in [-0.39, 0.29) is 29.0 Å². The highest BCUT2D eigenvalue weighted by molar-refractivity contribution is 7.89. The molecule has 0 aliphatic carbocycles. The summed E-state index contributed by atoms with van der Waals surface area (Å²) >= 11 is 0. The summed E-state index contributed by atoms with van der Waals surface area (Å²) in [6.45, 7) is 4.39. The van der Waals surface area contributed by atoms with Crippen LogP contribution in [0.4, 0.5) is 10.1 Å². The highest BCUT2D eigenvalue weighted by atomic mass is 32.2. The number of methoxy groups -OCH3 is 1. The number of carbonyl (C=O) groups excluding carboxylic acids is 1. The van der Waals surface area contributed by atoms with Crippen molar-refractivity contribution in [3.05, 3.63) is 53.8 Å². The molecule has 0 bridgehead atoms. The summed E-state index contributed by atoms with van der Waals surface area (Å²) in [5.41, 5.74) is 1.25. The van der Waals surface area contributed by atoms with Gasteiger partial charge in [-0.15, -0.1) is 0 Å². The van der Waals surface area contributed by atoms with Gasteiger partial charge in [-0.3, -0.25) is 4.79 Å². The van der Waals surface area contributed by atoms with E-state index in [1.54, 1.807) is 18.2 Å². The quantitative estimate of drug-likeness (QED) is 0.746. The summed E-state index contributed by atoms with van der Waals surface area (Å²) < 4.78 is 46.8. The third-order valence-electron chi connectivity index (χ3n) is 5.32. The lowest BCUT2D eigenvalue weighted by Crippen LogP contribution is -2.43. The minimum Gasteiger partial charge on any atom is -0.495 e. The number of amides is 1. The Bertz CT molecular complexity index is 1020. The van der Waals surface area contributed by atoms with Crippen LogP contribution in [0.15, 0.2) is 47.4 Å². The average molecular weight is 435 g/mol. The Morgan fingerprint density at radius 1 is 1.23 bits per heavy atom. The lowest BCUT2D eigenvalue weighted by atomic mass is 9.99. The van der Waals surface area contributed by atoms with Crippen LogP contribution in [0.3, 0.4) is 0 Å². The van der Waals surface area contributed by atoms with Gasteiger partial charge < -0.3 is 10.1 Å². The minimum absolute atomic E-state index is 0.0680. The molecule has 1 aliphatic heterocycles. The molecule has 6 nitrogen and oxygen atoms in total. The van der Waals surface area contributed by atoms with E-state index in [1.807, 2.05) is 19.9 Å². The Labute approximate surface area is 177 Å². The maximum Gasteiger partial charge on any atom is 0.246 e. The zero-order valence-corrected chi connectivity index (χ0v) is 18.2. The van der Waals surface area contributed by atoms with E-state index >= 15 is 0 Å². The van der Waals surface area contributed by atoms with Gasteiger partial charge in [0.25, 0.3) is 0 Å². The fraction of sp³-hybridized carbons (Fsp3) is 0.409. The topological polar surface area (TPSA) is 75.7 Å².